The van der Waals surface area contributed by atoms with E-state index in [-0.39, 0.29) is 17.7 Å². The van der Waals surface area contributed by atoms with Crippen LogP contribution in [0.4, 0.5) is 0 Å². The summed E-state index contributed by atoms with van der Waals surface area (Å²) in [5.41, 5.74) is 8.23. The Kier molecular flexibility index (Phi) is 4.21. The Morgan fingerprint density at radius 3 is 2.50 bits per heavy atom. The largest absolute Gasteiger partial charge is 0.369 e. The van der Waals surface area contributed by atoms with Crippen molar-refractivity contribution in [1.82, 2.24) is 9.47 Å². The minimum absolute atomic E-state index is 0.0409. The van der Waals surface area contributed by atoms with Gasteiger partial charge < -0.3 is 15.2 Å². The van der Waals surface area contributed by atoms with E-state index in [2.05, 4.69) is 16.7 Å². The highest BCUT2D eigenvalue weighted by Crippen LogP contribution is 2.25. The Labute approximate surface area is 152 Å². The van der Waals surface area contributed by atoms with E-state index in [1.165, 1.54) is 0 Å². The Morgan fingerprint density at radius 1 is 1.04 bits per heavy atom. The second-order valence-corrected chi connectivity index (χ2v) is 6.80. The van der Waals surface area contributed by atoms with E-state index in [1.807, 2.05) is 48.5 Å². The van der Waals surface area contributed by atoms with Crippen molar-refractivity contribution < 1.29 is 9.59 Å². The average molecular weight is 347 g/mol. The highest BCUT2D eigenvalue weighted by molar-refractivity contribution is 5.99. The number of fused-ring (bicyclic) bond motifs is 1. The fraction of sp³-hybridized carbons (Fsp3) is 0.238. The number of carbonyl (C=O) groups excluding carboxylic acids is 2. The van der Waals surface area contributed by atoms with Gasteiger partial charge in [0.25, 0.3) is 5.91 Å². The number of rotatable bonds is 4. The van der Waals surface area contributed by atoms with Crippen LogP contribution in [0.3, 0.4) is 0 Å². The van der Waals surface area contributed by atoms with E-state index in [1.54, 1.807) is 4.90 Å². The molecule has 5 heteroatoms. The first-order valence-corrected chi connectivity index (χ1v) is 8.84. The van der Waals surface area contributed by atoms with E-state index in [0.717, 1.165) is 16.5 Å². The van der Waals surface area contributed by atoms with Crippen molar-refractivity contribution in [1.29, 1.82) is 0 Å². The lowest BCUT2D eigenvalue weighted by Crippen LogP contribution is -2.33. The van der Waals surface area contributed by atoms with Crippen LogP contribution in [0.15, 0.2) is 60.7 Å². The maximum Gasteiger partial charge on any atom is 0.270 e. The number of benzene rings is 2. The zero-order valence-corrected chi connectivity index (χ0v) is 14.5. The molecule has 0 saturated carbocycles. The summed E-state index contributed by atoms with van der Waals surface area (Å²) < 4.78 is 2.06. The molecule has 3 aromatic rings. The number of aromatic nitrogens is 1. The molecule has 1 aliphatic rings. The maximum atomic E-state index is 13.1. The summed E-state index contributed by atoms with van der Waals surface area (Å²) in [7, 11) is 0. The lowest BCUT2D eigenvalue weighted by molar-refractivity contribution is -0.121. The Hall–Kier alpha value is -3.08. The van der Waals surface area contributed by atoms with Gasteiger partial charge in [0, 0.05) is 30.5 Å². The van der Waals surface area contributed by atoms with Gasteiger partial charge >= 0.3 is 0 Å². The van der Waals surface area contributed by atoms with Crippen molar-refractivity contribution in [2.75, 3.05) is 13.1 Å². The second kappa shape index (κ2) is 6.67. The summed E-state index contributed by atoms with van der Waals surface area (Å²) in [5, 5.41) is 1.04. The smallest absolute Gasteiger partial charge is 0.270 e. The number of nitrogens with two attached hydrogens (primary N) is 1. The third-order valence-corrected chi connectivity index (χ3v) is 5.09. The predicted octanol–water partition coefficient (Wildman–Crippen LogP) is 2.64. The van der Waals surface area contributed by atoms with Gasteiger partial charge in [-0.2, -0.15) is 0 Å². The van der Waals surface area contributed by atoms with Crippen LogP contribution in [0.5, 0.6) is 0 Å². The predicted molar refractivity (Wildman–Crippen MR) is 101 cm³/mol. The molecular formula is C21H21N3O2. The van der Waals surface area contributed by atoms with Gasteiger partial charge in [0.1, 0.15) is 5.69 Å². The van der Waals surface area contributed by atoms with E-state index < -0.39 is 0 Å². The fourth-order valence-corrected chi connectivity index (χ4v) is 3.66. The van der Waals surface area contributed by atoms with Crippen molar-refractivity contribution in [3.8, 4) is 0 Å². The van der Waals surface area contributed by atoms with Crippen LogP contribution < -0.4 is 5.73 Å². The first-order valence-electron chi connectivity index (χ1n) is 8.84. The van der Waals surface area contributed by atoms with E-state index in [0.29, 0.717) is 31.7 Å². The fourth-order valence-electron chi connectivity index (χ4n) is 3.66. The lowest BCUT2D eigenvalue weighted by Gasteiger charge is -2.18. The molecule has 1 fully saturated rings. The molecule has 0 bridgehead atoms. The molecule has 2 heterocycles. The summed E-state index contributed by atoms with van der Waals surface area (Å²) in [6.07, 6.45) is 0.639. The summed E-state index contributed by atoms with van der Waals surface area (Å²) >= 11 is 0. The van der Waals surface area contributed by atoms with Crippen molar-refractivity contribution in [2.45, 2.75) is 13.0 Å². The quantitative estimate of drug-likeness (QED) is 0.788. The summed E-state index contributed by atoms with van der Waals surface area (Å²) in [6, 6.07) is 20.1. The zero-order chi connectivity index (χ0) is 18.1. The molecular weight excluding hydrogens is 326 g/mol. The number of carbonyl (C=O) groups is 2. The molecule has 0 radical (unpaired) electrons. The van der Waals surface area contributed by atoms with Gasteiger partial charge in [-0.15, -0.1) is 0 Å². The molecule has 2 amide bonds. The molecule has 1 aromatic heterocycles. The minimum Gasteiger partial charge on any atom is -0.369 e. The van der Waals surface area contributed by atoms with Crippen molar-refractivity contribution in [2.24, 2.45) is 11.7 Å². The standard InChI is InChI=1S/C21H21N3O2/c22-20(25)17-10-11-23(14-17)21(26)19-12-16-8-4-5-9-18(16)24(19)13-15-6-2-1-3-7-15/h1-9,12,17H,10-11,13-14H2,(H2,22,25)/t17-/m0/s1. The molecule has 132 valence electrons. The van der Waals surface area contributed by atoms with Gasteiger partial charge in [0.2, 0.25) is 5.91 Å². The molecule has 2 aromatic carbocycles. The molecule has 1 atom stereocenters. The van der Waals surface area contributed by atoms with Gasteiger partial charge in [-0.05, 0) is 24.1 Å². The number of likely N-dealkylation sites (tertiary alicyclic amines) is 1. The Balaban J connectivity index is 1.71. The van der Waals surface area contributed by atoms with Gasteiger partial charge in [-0.3, -0.25) is 9.59 Å². The number of amides is 2. The van der Waals surface area contributed by atoms with Crippen LogP contribution >= 0.6 is 0 Å². The topological polar surface area (TPSA) is 68.3 Å². The number of primary amides is 1. The van der Waals surface area contributed by atoms with E-state index in [9.17, 15) is 9.59 Å². The van der Waals surface area contributed by atoms with Gasteiger partial charge in [-0.1, -0.05) is 48.5 Å². The van der Waals surface area contributed by atoms with E-state index >= 15 is 0 Å². The highest BCUT2D eigenvalue weighted by Gasteiger charge is 2.31. The van der Waals surface area contributed by atoms with Gasteiger partial charge in [-0.25, -0.2) is 0 Å². The molecule has 2 N–H and O–H groups in total. The Morgan fingerprint density at radius 2 is 1.77 bits per heavy atom. The minimum atomic E-state index is -0.329. The van der Waals surface area contributed by atoms with Crippen LogP contribution in [-0.4, -0.2) is 34.4 Å². The van der Waals surface area contributed by atoms with Crippen LogP contribution in [-0.2, 0) is 11.3 Å². The molecule has 1 saturated heterocycles. The zero-order valence-electron chi connectivity index (χ0n) is 14.5. The number of hydrogen-bond acceptors (Lipinski definition) is 2. The third-order valence-electron chi connectivity index (χ3n) is 5.09. The lowest BCUT2D eigenvalue weighted by atomic mass is 10.1. The first-order chi connectivity index (χ1) is 12.6. The van der Waals surface area contributed by atoms with Crippen molar-refractivity contribution >= 4 is 22.7 Å². The molecule has 0 spiro atoms. The summed E-state index contributed by atoms with van der Waals surface area (Å²) in [5.74, 6) is -0.614. The molecule has 0 unspecified atom stereocenters. The average Bonchev–Trinajstić information content (AvgIpc) is 3.28. The highest BCUT2D eigenvalue weighted by atomic mass is 16.2. The third kappa shape index (κ3) is 2.96. The van der Waals surface area contributed by atoms with E-state index in [4.69, 9.17) is 5.73 Å². The second-order valence-electron chi connectivity index (χ2n) is 6.80. The van der Waals surface area contributed by atoms with Crippen LogP contribution in [0.2, 0.25) is 0 Å². The molecule has 26 heavy (non-hydrogen) atoms. The maximum absolute atomic E-state index is 13.1. The normalized spacial score (nSPS) is 16.9. The first kappa shape index (κ1) is 16.4. The van der Waals surface area contributed by atoms with Crippen molar-refractivity contribution in [3.63, 3.8) is 0 Å². The summed E-state index contributed by atoms with van der Waals surface area (Å²) in [4.78, 5) is 26.3. The number of hydrogen-bond donors (Lipinski definition) is 1. The summed E-state index contributed by atoms with van der Waals surface area (Å²) in [6.45, 7) is 1.60. The van der Waals surface area contributed by atoms with Gasteiger partial charge in [0.15, 0.2) is 0 Å². The molecule has 0 aliphatic carbocycles. The molecule has 1 aliphatic heterocycles. The van der Waals surface area contributed by atoms with Crippen molar-refractivity contribution in [3.05, 3.63) is 71.9 Å². The molecule has 5 nitrogen and oxygen atoms in total. The van der Waals surface area contributed by atoms with Crippen LogP contribution in [0, 0.1) is 5.92 Å². The SMILES string of the molecule is NC(=O)[C@H]1CCN(C(=O)c2cc3ccccc3n2Cc2ccccc2)C1. The van der Waals surface area contributed by atoms with Crippen LogP contribution in [0.1, 0.15) is 22.5 Å². The monoisotopic (exact) mass is 347 g/mol. The molecule has 4 rings (SSSR count). The van der Waals surface area contributed by atoms with Gasteiger partial charge in [0.05, 0.1) is 5.92 Å². The number of para-hydroxylation sites is 1. The Bertz CT molecular complexity index is 962. The van der Waals surface area contributed by atoms with Crippen LogP contribution in [0.25, 0.3) is 10.9 Å². The number of nitrogens with zero attached hydrogens (tertiary/aromatic N) is 2.